The van der Waals surface area contributed by atoms with Crippen molar-refractivity contribution in [3.05, 3.63) is 35.4 Å². The number of fused-ring (bicyclic) bond motifs is 4. The van der Waals surface area contributed by atoms with Crippen molar-refractivity contribution in [3.8, 4) is 0 Å². The Morgan fingerprint density at radius 2 is 1.92 bits per heavy atom. The van der Waals surface area contributed by atoms with Gasteiger partial charge in [-0.1, -0.05) is 12.5 Å². The van der Waals surface area contributed by atoms with Crippen LogP contribution in [-0.2, 0) is 19.3 Å². The molecule has 1 aromatic carbocycles. The molecule has 1 aliphatic heterocycles. The third-order valence-corrected chi connectivity index (χ3v) is 7.94. The summed E-state index contributed by atoms with van der Waals surface area (Å²) in [6.07, 6.45) is 0.984. The molecule has 2 N–H and O–H groups in total. The molecule has 36 heavy (non-hydrogen) atoms. The molecular weight excluding hydrogens is 475 g/mol. The van der Waals surface area contributed by atoms with E-state index in [0.29, 0.717) is 34.5 Å². The highest BCUT2D eigenvalue weighted by Gasteiger charge is 2.41. The molecule has 2 bridgehead atoms. The number of aromatic nitrogens is 4. The molecule has 3 aliphatic rings. The van der Waals surface area contributed by atoms with Gasteiger partial charge >= 0.3 is 6.18 Å². The van der Waals surface area contributed by atoms with Crippen molar-refractivity contribution in [2.75, 3.05) is 18.5 Å². The Labute approximate surface area is 205 Å². The van der Waals surface area contributed by atoms with Crippen molar-refractivity contribution in [3.63, 3.8) is 0 Å². The van der Waals surface area contributed by atoms with Gasteiger partial charge in [-0.2, -0.15) is 18.2 Å². The molecule has 1 amide bonds. The van der Waals surface area contributed by atoms with Gasteiger partial charge in [-0.3, -0.25) is 4.79 Å². The quantitative estimate of drug-likeness (QED) is 0.563. The second-order valence-electron chi connectivity index (χ2n) is 10.1. The van der Waals surface area contributed by atoms with E-state index in [0.717, 1.165) is 17.4 Å². The van der Waals surface area contributed by atoms with E-state index in [2.05, 4.69) is 25.8 Å². The molecular formula is C24H28F3N7O2. The van der Waals surface area contributed by atoms with Crippen LogP contribution >= 0.6 is 0 Å². The Kier molecular flexibility index (Phi) is 5.66. The average molecular weight is 504 g/mol. The minimum absolute atomic E-state index is 0.0564. The topological polar surface area (TPSA) is 101 Å². The summed E-state index contributed by atoms with van der Waals surface area (Å²) < 4.78 is 46.4. The average Bonchev–Trinajstić information content (AvgIpc) is 3.47. The van der Waals surface area contributed by atoms with E-state index >= 15 is 0 Å². The predicted molar refractivity (Wildman–Crippen MR) is 124 cm³/mol. The number of hydrogen-bond acceptors (Lipinski definition) is 7. The Morgan fingerprint density at radius 1 is 1.14 bits per heavy atom. The van der Waals surface area contributed by atoms with E-state index in [1.807, 2.05) is 7.05 Å². The first-order valence-electron chi connectivity index (χ1n) is 12.4. The van der Waals surface area contributed by atoms with E-state index in [-0.39, 0.29) is 43.4 Å². The highest BCUT2D eigenvalue weighted by molar-refractivity contribution is 6.04. The van der Waals surface area contributed by atoms with Crippen molar-refractivity contribution in [2.45, 2.75) is 63.5 Å². The third kappa shape index (κ3) is 4.00. The van der Waals surface area contributed by atoms with Crippen molar-refractivity contribution in [2.24, 2.45) is 11.8 Å². The van der Waals surface area contributed by atoms with Gasteiger partial charge in [-0.15, -0.1) is 10.2 Å². The van der Waals surface area contributed by atoms with Crippen LogP contribution in [0.3, 0.4) is 0 Å². The summed E-state index contributed by atoms with van der Waals surface area (Å²) in [5.41, 5.74) is 1.33. The number of anilines is 1. The second kappa shape index (κ2) is 8.75. The minimum atomic E-state index is -4.56. The zero-order chi connectivity index (χ0) is 25.0. The lowest BCUT2D eigenvalue weighted by Crippen LogP contribution is -2.53. The summed E-state index contributed by atoms with van der Waals surface area (Å²) in [6, 6.07) is 6.11. The van der Waals surface area contributed by atoms with Crippen LogP contribution < -0.4 is 15.5 Å². The van der Waals surface area contributed by atoms with E-state index in [9.17, 15) is 18.0 Å². The largest absolute Gasteiger partial charge is 0.451 e. The molecule has 6 rings (SSSR count). The van der Waals surface area contributed by atoms with E-state index < -0.39 is 12.0 Å². The first-order chi connectivity index (χ1) is 17.3. The number of amides is 1. The number of oxazole rings is 1. The fraction of sp³-hybridized carbons (Fsp3) is 0.583. The highest BCUT2D eigenvalue weighted by Crippen LogP contribution is 2.40. The van der Waals surface area contributed by atoms with Gasteiger partial charge in [0.2, 0.25) is 5.82 Å². The Balaban J connectivity index is 1.20. The lowest BCUT2D eigenvalue weighted by atomic mass is 9.67. The van der Waals surface area contributed by atoms with Gasteiger partial charge in [0.05, 0.1) is 12.1 Å². The first-order valence-corrected chi connectivity index (χ1v) is 12.4. The number of para-hydroxylation sites is 1. The molecule has 2 aromatic heterocycles. The molecule has 3 aromatic rings. The first kappa shape index (κ1) is 23.3. The fourth-order valence-electron chi connectivity index (χ4n) is 6.38. The molecule has 2 unspecified atom stereocenters. The molecule has 2 atom stereocenters. The van der Waals surface area contributed by atoms with Gasteiger partial charge in [-0.05, 0) is 56.7 Å². The number of halogens is 3. The number of alkyl halides is 3. The van der Waals surface area contributed by atoms with Gasteiger partial charge in [0.25, 0.3) is 11.9 Å². The van der Waals surface area contributed by atoms with Gasteiger partial charge in [0.1, 0.15) is 5.52 Å². The molecule has 2 aliphatic carbocycles. The lowest BCUT2D eigenvalue weighted by Gasteiger charge is -2.45. The van der Waals surface area contributed by atoms with Gasteiger partial charge in [-0.25, -0.2) is 0 Å². The Bertz CT molecular complexity index is 1270. The molecule has 3 heterocycles. The Hall–Kier alpha value is -3.15. The molecule has 192 valence electrons. The maximum absolute atomic E-state index is 13.3. The van der Waals surface area contributed by atoms with Crippen molar-refractivity contribution >= 4 is 23.0 Å². The SMILES string of the molecule is CNC1C2CCCC1CC(NC(=O)c1cccc3oc(N4CCn5c(nnc5C(F)(F)F)C4)nc13)C2. The minimum Gasteiger partial charge on any atom is -0.423 e. The van der Waals surface area contributed by atoms with E-state index in [4.69, 9.17) is 4.42 Å². The highest BCUT2D eigenvalue weighted by atomic mass is 19.4. The number of benzene rings is 1. The monoisotopic (exact) mass is 503 g/mol. The van der Waals surface area contributed by atoms with Gasteiger partial charge < -0.3 is 24.5 Å². The van der Waals surface area contributed by atoms with E-state index in [1.54, 1.807) is 23.1 Å². The summed E-state index contributed by atoms with van der Waals surface area (Å²) in [5, 5.41) is 13.7. The summed E-state index contributed by atoms with van der Waals surface area (Å²) in [4.78, 5) is 19.6. The standard InChI is InChI=1S/C24H28F3N7O2/c1-28-19-13-4-2-5-14(19)11-15(10-13)29-21(35)16-6-3-7-17-20(16)30-23(36-17)33-8-9-34-18(12-33)31-32-22(34)24(25,26)27/h3,6-7,13-15,19,28H,2,4-5,8-12H2,1H3,(H,29,35). The fourth-order valence-corrected chi connectivity index (χ4v) is 6.38. The zero-order valence-electron chi connectivity index (χ0n) is 19.9. The van der Waals surface area contributed by atoms with Crippen LogP contribution in [-0.4, -0.2) is 51.3 Å². The number of carbonyl (C=O) groups excluding carboxylic acids is 1. The number of rotatable bonds is 4. The molecule has 2 saturated carbocycles. The van der Waals surface area contributed by atoms with Crippen LogP contribution in [0.25, 0.3) is 11.1 Å². The number of carbonyl (C=O) groups is 1. The van der Waals surface area contributed by atoms with Gasteiger partial charge in [0.15, 0.2) is 11.4 Å². The maximum Gasteiger partial charge on any atom is 0.451 e. The van der Waals surface area contributed by atoms with Crippen LogP contribution in [0.4, 0.5) is 19.2 Å². The van der Waals surface area contributed by atoms with Crippen LogP contribution in [0, 0.1) is 11.8 Å². The zero-order valence-corrected chi connectivity index (χ0v) is 19.9. The summed E-state index contributed by atoms with van der Waals surface area (Å²) in [6.45, 7) is 0.385. The van der Waals surface area contributed by atoms with Crippen LogP contribution in [0.2, 0.25) is 0 Å². The van der Waals surface area contributed by atoms with E-state index in [1.165, 1.54) is 19.3 Å². The molecule has 0 saturated heterocycles. The molecule has 9 nitrogen and oxygen atoms in total. The lowest BCUT2D eigenvalue weighted by molar-refractivity contribution is -0.147. The predicted octanol–water partition coefficient (Wildman–Crippen LogP) is 3.35. The Morgan fingerprint density at radius 3 is 2.64 bits per heavy atom. The smallest absolute Gasteiger partial charge is 0.423 e. The van der Waals surface area contributed by atoms with Crippen molar-refractivity contribution < 1.29 is 22.4 Å². The molecule has 0 radical (unpaired) electrons. The third-order valence-electron chi connectivity index (χ3n) is 7.94. The molecule has 0 spiro atoms. The second-order valence-corrected chi connectivity index (χ2v) is 10.1. The van der Waals surface area contributed by atoms with Crippen LogP contribution in [0.15, 0.2) is 22.6 Å². The summed E-state index contributed by atoms with van der Waals surface area (Å²) in [7, 11) is 2.03. The van der Waals surface area contributed by atoms with Crippen molar-refractivity contribution in [1.29, 1.82) is 0 Å². The summed E-state index contributed by atoms with van der Waals surface area (Å²) in [5.74, 6) is 0.153. The number of nitrogens with one attached hydrogen (secondary N) is 2. The molecule has 12 heteroatoms. The van der Waals surface area contributed by atoms with Gasteiger partial charge in [0, 0.05) is 25.2 Å². The number of nitrogens with zero attached hydrogens (tertiary/aromatic N) is 5. The maximum atomic E-state index is 13.3. The van der Waals surface area contributed by atoms with Crippen LogP contribution in [0.1, 0.15) is 54.1 Å². The van der Waals surface area contributed by atoms with Crippen LogP contribution in [0.5, 0.6) is 0 Å². The molecule has 2 fully saturated rings. The normalized spacial score (nSPS) is 26.2. The number of hydrogen-bond donors (Lipinski definition) is 2. The summed E-state index contributed by atoms with van der Waals surface area (Å²) >= 11 is 0. The van der Waals surface area contributed by atoms with Crippen molar-refractivity contribution in [1.82, 2.24) is 30.4 Å².